The highest BCUT2D eigenvalue weighted by atomic mass is 35.5. The molecule has 0 radical (unpaired) electrons. The molecule has 0 aliphatic heterocycles. The Kier molecular flexibility index (Phi) is 2.63. The first-order valence-electron chi connectivity index (χ1n) is 3.36. The summed E-state index contributed by atoms with van der Waals surface area (Å²) in [5.74, 6) is -1.45. The molecule has 4 nitrogen and oxygen atoms in total. The molecule has 0 saturated carbocycles. The lowest BCUT2D eigenvalue weighted by molar-refractivity contribution is 0.0693. The lowest BCUT2D eigenvalue weighted by atomic mass is 10.2. The van der Waals surface area contributed by atoms with E-state index in [1.807, 2.05) is 0 Å². The molecule has 0 saturated heterocycles. The van der Waals surface area contributed by atoms with Gasteiger partial charge in [-0.25, -0.2) is 4.79 Å². The number of methoxy groups -OCH3 is 1. The van der Waals surface area contributed by atoms with E-state index in [1.54, 1.807) is 0 Å². The normalized spacial score (nSPS) is 9.69. The quantitative estimate of drug-likeness (QED) is 0.767. The molecule has 0 spiro atoms. The van der Waals surface area contributed by atoms with Gasteiger partial charge in [-0.2, -0.15) is 0 Å². The average Bonchev–Trinajstić information content (AvgIpc) is 2.04. The number of aromatic hydroxyl groups is 1. The minimum absolute atomic E-state index is 0.102. The van der Waals surface area contributed by atoms with Gasteiger partial charge in [-0.05, 0) is 12.1 Å². The lowest BCUT2D eigenvalue weighted by Crippen LogP contribution is -1.99. The van der Waals surface area contributed by atoms with Crippen LogP contribution in [0.5, 0.6) is 11.5 Å². The molecule has 1 aromatic carbocycles. The number of benzene rings is 1. The third kappa shape index (κ3) is 1.67. The molecule has 0 heterocycles. The van der Waals surface area contributed by atoms with Crippen LogP contribution in [-0.2, 0) is 0 Å². The van der Waals surface area contributed by atoms with Gasteiger partial charge >= 0.3 is 5.97 Å². The Morgan fingerprint density at radius 1 is 1.54 bits per heavy atom. The molecular weight excluding hydrogens is 196 g/mol. The standard InChI is InChI=1S/C8H7ClO4/c1-13-5-3-2-4(10)6(7(5)9)8(11)12/h2-3,10H,1H3,(H,11,12). The van der Waals surface area contributed by atoms with Gasteiger partial charge in [0.25, 0.3) is 0 Å². The Hall–Kier alpha value is -1.42. The molecule has 0 amide bonds. The average molecular weight is 203 g/mol. The van der Waals surface area contributed by atoms with Crippen LogP contribution < -0.4 is 4.74 Å². The van der Waals surface area contributed by atoms with Crippen molar-refractivity contribution in [2.24, 2.45) is 0 Å². The third-order valence-electron chi connectivity index (χ3n) is 1.52. The SMILES string of the molecule is COc1ccc(O)c(C(=O)O)c1Cl. The van der Waals surface area contributed by atoms with Gasteiger partial charge in [-0.15, -0.1) is 0 Å². The summed E-state index contributed by atoms with van der Waals surface area (Å²) in [5, 5.41) is 17.7. The minimum Gasteiger partial charge on any atom is -0.507 e. The maximum atomic E-state index is 10.6. The zero-order valence-corrected chi connectivity index (χ0v) is 7.50. The summed E-state index contributed by atoms with van der Waals surface area (Å²) in [6, 6.07) is 2.61. The minimum atomic E-state index is -1.29. The van der Waals surface area contributed by atoms with Gasteiger partial charge in [0.2, 0.25) is 0 Å². The molecule has 0 fully saturated rings. The number of hydrogen-bond acceptors (Lipinski definition) is 3. The number of hydrogen-bond donors (Lipinski definition) is 2. The van der Waals surface area contributed by atoms with E-state index < -0.39 is 5.97 Å². The lowest BCUT2D eigenvalue weighted by Gasteiger charge is -2.06. The fraction of sp³-hybridized carbons (Fsp3) is 0.125. The number of carbonyl (C=O) groups is 1. The Balaban J connectivity index is 3.38. The molecule has 0 unspecified atom stereocenters. The van der Waals surface area contributed by atoms with E-state index in [-0.39, 0.29) is 22.1 Å². The first-order valence-corrected chi connectivity index (χ1v) is 3.74. The number of carboxylic acid groups (broad SMARTS) is 1. The summed E-state index contributed by atoms with van der Waals surface area (Å²) in [4.78, 5) is 10.6. The summed E-state index contributed by atoms with van der Waals surface area (Å²) >= 11 is 5.64. The molecule has 13 heavy (non-hydrogen) atoms. The summed E-state index contributed by atoms with van der Waals surface area (Å²) in [6.07, 6.45) is 0. The van der Waals surface area contributed by atoms with Crippen molar-refractivity contribution < 1.29 is 19.7 Å². The smallest absolute Gasteiger partial charge is 0.341 e. The van der Waals surface area contributed by atoms with Crippen LogP contribution in [0.1, 0.15) is 10.4 Å². The molecular formula is C8H7ClO4. The number of halogens is 1. The van der Waals surface area contributed by atoms with Crippen molar-refractivity contribution in [3.05, 3.63) is 22.7 Å². The molecule has 0 atom stereocenters. The number of ether oxygens (including phenoxy) is 1. The zero-order chi connectivity index (χ0) is 10.0. The Morgan fingerprint density at radius 3 is 2.62 bits per heavy atom. The molecule has 5 heteroatoms. The van der Waals surface area contributed by atoms with Gasteiger partial charge in [0.1, 0.15) is 22.1 Å². The van der Waals surface area contributed by atoms with Gasteiger partial charge in [-0.1, -0.05) is 11.6 Å². The van der Waals surface area contributed by atoms with Crippen LogP contribution in [0.2, 0.25) is 5.02 Å². The van der Waals surface area contributed by atoms with Gasteiger partial charge in [0, 0.05) is 0 Å². The molecule has 0 bridgehead atoms. The molecule has 1 aromatic rings. The van der Waals surface area contributed by atoms with E-state index in [2.05, 4.69) is 0 Å². The molecule has 0 aliphatic carbocycles. The maximum absolute atomic E-state index is 10.6. The van der Waals surface area contributed by atoms with Crippen LogP contribution in [0, 0.1) is 0 Å². The first-order chi connectivity index (χ1) is 6.07. The summed E-state index contributed by atoms with van der Waals surface area (Å²) < 4.78 is 4.78. The first kappa shape index (κ1) is 9.67. The van der Waals surface area contributed by atoms with Crippen LogP contribution in [0.3, 0.4) is 0 Å². The predicted molar refractivity (Wildman–Crippen MR) is 46.6 cm³/mol. The summed E-state index contributed by atoms with van der Waals surface area (Å²) in [7, 11) is 1.36. The van der Waals surface area contributed by atoms with E-state index in [9.17, 15) is 4.79 Å². The van der Waals surface area contributed by atoms with E-state index in [0.717, 1.165) is 0 Å². The van der Waals surface area contributed by atoms with Crippen LogP contribution in [-0.4, -0.2) is 23.3 Å². The molecule has 70 valence electrons. The van der Waals surface area contributed by atoms with Crippen molar-refractivity contribution in [3.63, 3.8) is 0 Å². The highest BCUT2D eigenvalue weighted by Crippen LogP contribution is 2.33. The number of carboxylic acids is 1. The number of rotatable bonds is 2. The van der Waals surface area contributed by atoms with Crippen molar-refractivity contribution >= 4 is 17.6 Å². The highest BCUT2D eigenvalue weighted by Gasteiger charge is 2.17. The fourth-order valence-electron chi connectivity index (χ4n) is 0.908. The number of phenols is 1. The molecule has 2 N–H and O–H groups in total. The van der Waals surface area contributed by atoms with E-state index in [0.29, 0.717) is 0 Å². The Morgan fingerprint density at radius 2 is 2.15 bits per heavy atom. The second-order valence-corrected chi connectivity index (χ2v) is 2.66. The van der Waals surface area contributed by atoms with Gasteiger partial charge in [-0.3, -0.25) is 0 Å². The van der Waals surface area contributed by atoms with Gasteiger partial charge in [0.15, 0.2) is 0 Å². The van der Waals surface area contributed by atoms with Crippen LogP contribution >= 0.6 is 11.6 Å². The van der Waals surface area contributed by atoms with E-state index in [1.165, 1.54) is 19.2 Å². The van der Waals surface area contributed by atoms with Crippen molar-refractivity contribution in [1.82, 2.24) is 0 Å². The second kappa shape index (κ2) is 3.53. The maximum Gasteiger partial charge on any atom is 0.341 e. The Bertz CT molecular complexity index is 348. The summed E-state index contributed by atoms with van der Waals surface area (Å²) in [6.45, 7) is 0. The van der Waals surface area contributed by atoms with Crippen molar-refractivity contribution in [2.75, 3.05) is 7.11 Å². The van der Waals surface area contributed by atoms with Gasteiger partial charge in [0.05, 0.1) is 7.11 Å². The number of aromatic carboxylic acids is 1. The zero-order valence-electron chi connectivity index (χ0n) is 6.74. The molecule has 0 aliphatic rings. The van der Waals surface area contributed by atoms with Crippen LogP contribution in [0.4, 0.5) is 0 Å². The predicted octanol–water partition coefficient (Wildman–Crippen LogP) is 1.75. The van der Waals surface area contributed by atoms with Crippen LogP contribution in [0.15, 0.2) is 12.1 Å². The van der Waals surface area contributed by atoms with Crippen molar-refractivity contribution in [2.45, 2.75) is 0 Å². The highest BCUT2D eigenvalue weighted by molar-refractivity contribution is 6.35. The van der Waals surface area contributed by atoms with Gasteiger partial charge < -0.3 is 14.9 Å². The fourth-order valence-corrected chi connectivity index (χ4v) is 1.23. The monoisotopic (exact) mass is 202 g/mol. The second-order valence-electron chi connectivity index (χ2n) is 2.28. The largest absolute Gasteiger partial charge is 0.507 e. The summed E-state index contributed by atoms with van der Waals surface area (Å²) in [5.41, 5.74) is -0.346. The topological polar surface area (TPSA) is 66.8 Å². The van der Waals surface area contributed by atoms with Crippen molar-refractivity contribution in [1.29, 1.82) is 0 Å². The molecule has 1 rings (SSSR count). The van der Waals surface area contributed by atoms with Crippen molar-refractivity contribution in [3.8, 4) is 11.5 Å². The van der Waals surface area contributed by atoms with E-state index in [4.69, 9.17) is 26.6 Å². The van der Waals surface area contributed by atoms with E-state index >= 15 is 0 Å². The molecule has 0 aromatic heterocycles. The third-order valence-corrected chi connectivity index (χ3v) is 1.89. The van der Waals surface area contributed by atoms with Crippen LogP contribution in [0.25, 0.3) is 0 Å². The Labute approximate surface area is 79.3 Å².